The molecule has 0 fully saturated rings. The number of halogens is 1. The molecule has 0 bridgehead atoms. The van der Waals surface area contributed by atoms with Crippen molar-refractivity contribution in [2.75, 3.05) is 14.2 Å². The van der Waals surface area contributed by atoms with Crippen LogP contribution in [0.1, 0.15) is 10.4 Å². The second kappa shape index (κ2) is 7.52. The molecule has 0 radical (unpaired) electrons. The lowest BCUT2D eigenvalue weighted by Gasteiger charge is -2.10. The Kier molecular flexibility index (Phi) is 5.66. The van der Waals surface area contributed by atoms with Crippen LogP contribution in [0.15, 0.2) is 47.4 Å². The van der Waals surface area contributed by atoms with E-state index in [2.05, 4.69) is 5.43 Å². The number of nitrogens with one attached hydrogen (secondary N) is 2. The number of hydrogen-bond acceptors (Lipinski definition) is 5. The molecule has 0 unspecified atom stereocenters. The molecular formula is C15H15ClN2O5S. The fraction of sp³-hybridized carbons (Fsp3) is 0.133. The minimum Gasteiger partial charge on any atom is -0.497 e. The maximum absolute atomic E-state index is 12.1. The average molecular weight is 371 g/mol. The molecule has 0 saturated heterocycles. The smallest absolute Gasteiger partial charge is 0.266 e. The van der Waals surface area contributed by atoms with Crippen LogP contribution in [0.25, 0.3) is 0 Å². The minimum absolute atomic E-state index is 0.0320. The molecule has 7 nitrogen and oxygen atoms in total. The molecule has 0 saturated carbocycles. The van der Waals surface area contributed by atoms with Crippen molar-refractivity contribution in [3.63, 3.8) is 0 Å². The number of carbonyl (C=O) groups excluding carboxylic acids is 1. The molecule has 0 spiro atoms. The molecular weight excluding hydrogens is 356 g/mol. The first kappa shape index (κ1) is 18.1. The van der Waals surface area contributed by atoms with Gasteiger partial charge in [0.2, 0.25) is 0 Å². The Morgan fingerprint density at radius 2 is 1.54 bits per heavy atom. The maximum atomic E-state index is 12.1. The molecule has 24 heavy (non-hydrogen) atoms. The van der Waals surface area contributed by atoms with E-state index >= 15 is 0 Å². The van der Waals surface area contributed by atoms with Gasteiger partial charge < -0.3 is 9.47 Å². The van der Waals surface area contributed by atoms with E-state index in [9.17, 15) is 13.2 Å². The third-order valence-electron chi connectivity index (χ3n) is 3.04. The SMILES string of the molecule is COc1cc(OC)cc(C(=O)NNS(=O)(=O)c2ccc(Cl)cc2)c1. The first-order valence-corrected chi connectivity index (χ1v) is 8.52. The third-order valence-corrected chi connectivity index (χ3v) is 4.55. The van der Waals surface area contributed by atoms with Crippen LogP contribution < -0.4 is 19.7 Å². The van der Waals surface area contributed by atoms with Gasteiger partial charge in [-0.1, -0.05) is 11.6 Å². The molecule has 128 valence electrons. The van der Waals surface area contributed by atoms with Crippen molar-refractivity contribution >= 4 is 27.5 Å². The summed E-state index contributed by atoms with van der Waals surface area (Å²) >= 11 is 5.72. The Morgan fingerprint density at radius 3 is 2.04 bits per heavy atom. The van der Waals surface area contributed by atoms with Crippen molar-refractivity contribution in [2.24, 2.45) is 0 Å². The molecule has 0 aliphatic rings. The summed E-state index contributed by atoms with van der Waals surface area (Å²) in [6.45, 7) is 0. The number of carbonyl (C=O) groups is 1. The van der Waals surface area contributed by atoms with Gasteiger partial charge in [0.05, 0.1) is 19.1 Å². The Morgan fingerprint density at radius 1 is 1.00 bits per heavy atom. The summed E-state index contributed by atoms with van der Waals surface area (Å²) < 4.78 is 34.3. The van der Waals surface area contributed by atoms with Crippen LogP contribution >= 0.6 is 11.6 Å². The molecule has 0 aromatic heterocycles. The number of benzene rings is 2. The number of hydrogen-bond donors (Lipinski definition) is 2. The predicted molar refractivity (Wildman–Crippen MR) is 88.8 cm³/mol. The zero-order valence-electron chi connectivity index (χ0n) is 12.9. The lowest BCUT2D eigenvalue weighted by atomic mass is 10.2. The van der Waals surface area contributed by atoms with Crippen molar-refractivity contribution in [2.45, 2.75) is 4.90 Å². The van der Waals surface area contributed by atoms with Gasteiger partial charge in [-0.2, -0.15) is 0 Å². The summed E-state index contributed by atoms with van der Waals surface area (Å²) in [6, 6.07) is 10.0. The molecule has 0 aliphatic carbocycles. The molecule has 9 heteroatoms. The van der Waals surface area contributed by atoms with Crippen molar-refractivity contribution in [1.82, 2.24) is 10.3 Å². The van der Waals surface area contributed by atoms with E-state index in [4.69, 9.17) is 21.1 Å². The Hall–Kier alpha value is -2.29. The van der Waals surface area contributed by atoms with Crippen LogP contribution in [0.5, 0.6) is 11.5 Å². The first-order chi connectivity index (χ1) is 11.4. The van der Waals surface area contributed by atoms with Crippen LogP contribution in [0, 0.1) is 0 Å². The lowest BCUT2D eigenvalue weighted by molar-refractivity contribution is 0.0944. The molecule has 2 aromatic carbocycles. The van der Waals surface area contributed by atoms with E-state index in [1.807, 2.05) is 4.83 Å². The summed E-state index contributed by atoms with van der Waals surface area (Å²) in [6.07, 6.45) is 0. The fourth-order valence-electron chi connectivity index (χ4n) is 1.80. The van der Waals surface area contributed by atoms with Crippen LogP contribution in [-0.2, 0) is 10.0 Å². The molecule has 0 aliphatic heterocycles. The maximum Gasteiger partial charge on any atom is 0.266 e. The number of rotatable bonds is 6. The van der Waals surface area contributed by atoms with Gasteiger partial charge in [0.25, 0.3) is 15.9 Å². The summed E-state index contributed by atoms with van der Waals surface area (Å²) in [4.78, 5) is 14.1. The highest BCUT2D eigenvalue weighted by Crippen LogP contribution is 2.22. The largest absolute Gasteiger partial charge is 0.497 e. The highest BCUT2D eigenvalue weighted by molar-refractivity contribution is 7.89. The second-order valence-electron chi connectivity index (χ2n) is 4.61. The van der Waals surface area contributed by atoms with Gasteiger partial charge in [-0.3, -0.25) is 10.2 Å². The Balaban J connectivity index is 2.14. The Bertz CT molecular complexity index is 815. The lowest BCUT2D eigenvalue weighted by Crippen LogP contribution is -2.41. The molecule has 2 rings (SSSR count). The van der Waals surface area contributed by atoms with Gasteiger partial charge in [0, 0.05) is 16.7 Å². The zero-order chi connectivity index (χ0) is 17.7. The van der Waals surface area contributed by atoms with Gasteiger partial charge >= 0.3 is 0 Å². The number of hydrazine groups is 1. The van der Waals surface area contributed by atoms with Crippen LogP contribution in [0.4, 0.5) is 0 Å². The van der Waals surface area contributed by atoms with Gasteiger partial charge in [0.15, 0.2) is 0 Å². The zero-order valence-corrected chi connectivity index (χ0v) is 14.4. The second-order valence-corrected chi connectivity index (χ2v) is 6.73. The molecule has 1 amide bonds. The third kappa shape index (κ3) is 4.38. The van der Waals surface area contributed by atoms with E-state index in [0.29, 0.717) is 16.5 Å². The highest BCUT2D eigenvalue weighted by Gasteiger charge is 2.16. The van der Waals surface area contributed by atoms with E-state index in [1.54, 1.807) is 6.07 Å². The van der Waals surface area contributed by atoms with E-state index in [0.717, 1.165) is 0 Å². The van der Waals surface area contributed by atoms with Crippen LogP contribution in [0.2, 0.25) is 5.02 Å². The Labute approximate surface area is 144 Å². The van der Waals surface area contributed by atoms with E-state index in [-0.39, 0.29) is 10.5 Å². The number of sulfonamides is 1. The van der Waals surface area contributed by atoms with Crippen molar-refractivity contribution in [3.05, 3.63) is 53.1 Å². The van der Waals surface area contributed by atoms with Crippen molar-refractivity contribution in [3.8, 4) is 11.5 Å². The first-order valence-electron chi connectivity index (χ1n) is 6.66. The van der Waals surface area contributed by atoms with Gasteiger partial charge in [0.1, 0.15) is 11.5 Å². The average Bonchev–Trinajstić information content (AvgIpc) is 2.59. The minimum atomic E-state index is -3.91. The normalized spacial score (nSPS) is 11.0. The summed E-state index contributed by atoms with van der Waals surface area (Å²) in [5.41, 5.74) is 2.31. The van der Waals surface area contributed by atoms with Crippen LogP contribution in [-0.4, -0.2) is 28.5 Å². The number of amides is 1. The van der Waals surface area contributed by atoms with Gasteiger partial charge in [-0.15, -0.1) is 4.83 Å². The topological polar surface area (TPSA) is 93.7 Å². The van der Waals surface area contributed by atoms with Gasteiger partial charge in [-0.25, -0.2) is 8.42 Å². The number of methoxy groups -OCH3 is 2. The fourth-order valence-corrected chi connectivity index (χ4v) is 2.76. The molecule has 0 atom stereocenters. The standard InChI is InChI=1S/C15H15ClN2O5S/c1-22-12-7-10(8-13(9-12)23-2)15(19)17-18-24(20,21)14-5-3-11(16)4-6-14/h3-9,18H,1-2H3,(H,17,19). The van der Waals surface area contributed by atoms with Crippen molar-refractivity contribution < 1.29 is 22.7 Å². The van der Waals surface area contributed by atoms with E-state index < -0.39 is 15.9 Å². The van der Waals surface area contributed by atoms with E-state index in [1.165, 1.54) is 50.6 Å². The predicted octanol–water partition coefficient (Wildman–Crippen LogP) is 1.98. The summed E-state index contributed by atoms with van der Waals surface area (Å²) in [5, 5.41) is 0.404. The molecule has 0 heterocycles. The monoisotopic (exact) mass is 370 g/mol. The molecule has 2 N–H and O–H groups in total. The molecule has 2 aromatic rings. The number of ether oxygens (including phenoxy) is 2. The van der Waals surface area contributed by atoms with Gasteiger partial charge in [-0.05, 0) is 36.4 Å². The van der Waals surface area contributed by atoms with Crippen molar-refractivity contribution in [1.29, 1.82) is 0 Å². The summed E-state index contributed by atoms with van der Waals surface area (Å²) in [7, 11) is -1.03. The quantitative estimate of drug-likeness (QED) is 0.758. The highest BCUT2D eigenvalue weighted by atomic mass is 35.5. The summed E-state index contributed by atoms with van der Waals surface area (Å²) in [5.74, 6) is 0.143. The van der Waals surface area contributed by atoms with Crippen LogP contribution in [0.3, 0.4) is 0 Å².